The minimum Gasteiger partial charge on any atom is -0.320 e. The van der Waals surface area contributed by atoms with Gasteiger partial charge in [-0.25, -0.2) is 4.39 Å². The molecule has 0 aromatic heterocycles. The number of hydrogen-bond acceptors (Lipinski definition) is 2. The van der Waals surface area contributed by atoms with Crippen LogP contribution in [0.3, 0.4) is 0 Å². The molecule has 1 aliphatic carbocycles. The highest BCUT2D eigenvalue weighted by Crippen LogP contribution is 2.39. The summed E-state index contributed by atoms with van der Waals surface area (Å²) in [7, 11) is 4.08. The monoisotopic (exact) mass is 284 g/mol. The summed E-state index contributed by atoms with van der Waals surface area (Å²) in [6, 6.07) is 15.4. The molecule has 0 aliphatic heterocycles. The molecule has 3 heteroatoms. The van der Waals surface area contributed by atoms with E-state index in [4.69, 9.17) is 5.73 Å². The van der Waals surface area contributed by atoms with E-state index in [0.29, 0.717) is 12.0 Å². The van der Waals surface area contributed by atoms with Gasteiger partial charge in [0.05, 0.1) is 5.54 Å². The van der Waals surface area contributed by atoms with Crippen LogP contribution in [0.25, 0.3) is 0 Å². The maximum absolute atomic E-state index is 14.0. The average molecular weight is 284 g/mol. The van der Waals surface area contributed by atoms with E-state index >= 15 is 0 Å². The Morgan fingerprint density at radius 3 is 2.52 bits per heavy atom. The van der Waals surface area contributed by atoms with Gasteiger partial charge in [0.1, 0.15) is 5.82 Å². The molecule has 0 heterocycles. The van der Waals surface area contributed by atoms with E-state index in [1.54, 1.807) is 6.07 Å². The van der Waals surface area contributed by atoms with E-state index in [9.17, 15) is 4.39 Å². The second-order valence-corrected chi connectivity index (χ2v) is 6.15. The molecule has 2 N–H and O–H groups in total. The van der Waals surface area contributed by atoms with Crippen molar-refractivity contribution < 1.29 is 4.39 Å². The molecule has 0 saturated heterocycles. The van der Waals surface area contributed by atoms with Gasteiger partial charge in [-0.15, -0.1) is 0 Å². The standard InChI is InChI=1S/C18H21FN2/c1-21(2)17-11-13-7-3-5-9-15(13)18(17,20)12-14-8-4-6-10-16(14)19/h3-10,17H,11-12,20H2,1-2H3. The fourth-order valence-electron chi connectivity index (χ4n) is 3.54. The van der Waals surface area contributed by atoms with Crippen LogP contribution in [0, 0.1) is 5.82 Å². The Bertz CT molecular complexity index is 653. The van der Waals surface area contributed by atoms with E-state index in [1.807, 2.05) is 38.4 Å². The second kappa shape index (κ2) is 5.24. The first-order valence-electron chi connectivity index (χ1n) is 7.29. The van der Waals surface area contributed by atoms with Crippen LogP contribution in [0.5, 0.6) is 0 Å². The molecule has 21 heavy (non-hydrogen) atoms. The fourth-order valence-corrected chi connectivity index (χ4v) is 3.54. The zero-order valence-corrected chi connectivity index (χ0v) is 12.5. The Kier molecular flexibility index (Phi) is 3.56. The molecule has 3 rings (SSSR count). The van der Waals surface area contributed by atoms with Gasteiger partial charge in [0.15, 0.2) is 0 Å². The molecule has 2 unspecified atom stereocenters. The number of fused-ring (bicyclic) bond motifs is 1. The molecule has 2 atom stereocenters. The number of benzene rings is 2. The molecule has 2 nitrogen and oxygen atoms in total. The minimum atomic E-state index is -0.553. The van der Waals surface area contributed by atoms with Crippen LogP contribution in [0.15, 0.2) is 48.5 Å². The molecule has 1 aliphatic rings. The summed E-state index contributed by atoms with van der Waals surface area (Å²) in [6.45, 7) is 0. The average Bonchev–Trinajstić information content (AvgIpc) is 2.76. The lowest BCUT2D eigenvalue weighted by atomic mass is 9.82. The van der Waals surface area contributed by atoms with Gasteiger partial charge in [0.2, 0.25) is 0 Å². The first-order valence-corrected chi connectivity index (χ1v) is 7.29. The molecule has 110 valence electrons. The summed E-state index contributed by atoms with van der Waals surface area (Å²) in [5.41, 5.74) is 9.36. The maximum atomic E-state index is 14.0. The Morgan fingerprint density at radius 2 is 1.81 bits per heavy atom. The van der Waals surface area contributed by atoms with E-state index in [0.717, 1.165) is 12.0 Å². The van der Waals surface area contributed by atoms with Crippen molar-refractivity contribution in [2.45, 2.75) is 24.4 Å². The van der Waals surface area contributed by atoms with Crippen LogP contribution >= 0.6 is 0 Å². The summed E-state index contributed by atoms with van der Waals surface area (Å²) in [4.78, 5) is 2.15. The van der Waals surface area contributed by atoms with Gasteiger partial charge in [-0.05, 0) is 49.7 Å². The van der Waals surface area contributed by atoms with Crippen LogP contribution in [-0.2, 0) is 18.4 Å². The highest BCUT2D eigenvalue weighted by molar-refractivity contribution is 5.43. The van der Waals surface area contributed by atoms with E-state index in [-0.39, 0.29) is 11.9 Å². The van der Waals surface area contributed by atoms with Crippen molar-refractivity contribution in [1.82, 2.24) is 4.90 Å². The molecule has 0 saturated carbocycles. The number of hydrogen-bond donors (Lipinski definition) is 1. The number of halogens is 1. The third kappa shape index (κ3) is 2.37. The third-order valence-corrected chi connectivity index (χ3v) is 4.59. The van der Waals surface area contributed by atoms with E-state index in [2.05, 4.69) is 17.0 Å². The fraction of sp³-hybridized carbons (Fsp3) is 0.333. The normalized spacial score (nSPS) is 24.3. The maximum Gasteiger partial charge on any atom is 0.126 e. The van der Waals surface area contributed by atoms with Crippen molar-refractivity contribution in [2.24, 2.45) is 5.73 Å². The van der Waals surface area contributed by atoms with Crippen molar-refractivity contribution in [2.75, 3.05) is 14.1 Å². The molecular formula is C18H21FN2. The van der Waals surface area contributed by atoms with Crippen molar-refractivity contribution in [3.8, 4) is 0 Å². The first kappa shape index (κ1) is 14.2. The molecule has 2 aromatic rings. The second-order valence-electron chi connectivity index (χ2n) is 6.15. The Labute approximate surface area is 125 Å². The zero-order valence-electron chi connectivity index (χ0n) is 12.5. The largest absolute Gasteiger partial charge is 0.320 e. The third-order valence-electron chi connectivity index (χ3n) is 4.59. The quantitative estimate of drug-likeness (QED) is 0.939. The first-order chi connectivity index (χ1) is 10.0. The molecule has 0 radical (unpaired) electrons. The highest BCUT2D eigenvalue weighted by Gasteiger charge is 2.45. The Hall–Kier alpha value is -1.71. The van der Waals surface area contributed by atoms with Crippen molar-refractivity contribution in [1.29, 1.82) is 0 Å². The lowest BCUT2D eigenvalue weighted by molar-refractivity contribution is 0.191. The summed E-state index contributed by atoms with van der Waals surface area (Å²) in [5.74, 6) is -0.177. The Balaban J connectivity index is 2.05. The van der Waals surface area contributed by atoms with Gasteiger partial charge >= 0.3 is 0 Å². The molecule has 0 bridgehead atoms. The van der Waals surface area contributed by atoms with Gasteiger partial charge in [0, 0.05) is 6.04 Å². The summed E-state index contributed by atoms with van der Waals surface area (Å²) in [5, 5.41) is 0. The SMILES string of the molecule is CN(C)C1Cc2ccccc2C1(N)Cc1ccccc1F. The van der Waals surface area contributed by atoms with Crippen LogP contribution in [-0.4, -0.2) is 25.0 Å². The Morgan fingerprint density at radius 1 is 1.14 bits per heavy atom. The lowest BCUT2D eigenvalue weighted by Gasteiger charge is -2.37. The smallest absolute Gasteiger partial charge is 0.126 e. The van der Waals surface area contributed by atoms with Crippen LogP contribution < -0.4 is 5.73 Å². The molecule has 0 spiro atoms. The molecule has 0 fully saturated rings. The predicted molar refractivity (Wildman–Crippen MR) is 83.6 cm³/mol. The summed E-state index contributed by atoms with van der Waals surface area (Å²) >= 11 is 0. The zero-order chi connectivity index (χ0) is 15.0. The van der Waals surface area contributed by atoms with Gasteiger partial charge < -0.3 is 10.6 Å². The molecular weight excluding hydrogens is 263 g/mol. The number of nitrogens with zero attached hydrogens (tertiary/aromatic N) is 1. The van der Waals surface area contributed by atoms with E-state index in [1.165, 1.54) is 11.6 Å². The van der Waals surface area contributed by atoms with E-state index < -0.39 is 5.54 Å². The topological polar surface area (TPSA) is 29.3 Å². The number of likely N-dealkylation sites (N-methyl/N-ethyl adjacent to an activating group) is 1. The van der Waals surface area contributed by atoms with Crippen LogP contribution in [0.4, 0.5) is 4.39 Å². The summed E-state index contributed by atoms with van der Waals surface area (Å²) < 4.78 is 14.0. The van der Waals surface area contributed by atoms with Gasteiger partial charge in [-0.2, -0.15) is 0 Å². The number of rotatable bonds is 3. The van der Waals surface area contributed by atoms with Gasteiger partial charge in [0.25, 0.3) is 0 Å². The van der Waals surface area contributed by atoms with Crippen LogP contribution in [0.1, 0.15) is 16.7 Å². The molecule has 0 amide bonds. The molecule has 2 aromatic carbocycles. The van der Waals surface area contributed by atoms with Crippen molar-refractivity contribution >= 4 is 0 Å². The van der Waals surface area contributed by atoms with Crippen LogP contribution in [0.2, 0.25) is 0 Å². The summed E-state index contributed by atoms with van der Waals surface area (Å²) in [6.07, 6.45) is 1.42. The predicted octanol–water partition coefficient (Wildman–Crippen LogP) is 2.71. The lowest BCUT2D eigenvalue weighted by Crippen LogP contribution is -2.53. The highest BCUT2D eigenvalue weighted by atomic mass is 19.1. The number of nitrogens with two attached hydrogens (primary N) is 1. The van der Waals surface area contributed by atoms with Gasteiger partial charge in [-0.3, -0.25) is 0 Å². The van der Waals surface area contributed by atoms with Crippen molar-refractivity contribution in [3.05, 3.63) is 71.0 Å². The van der Waals surface area contributed by atoms with Gasteiger partial charge in [-0.1, -0.05) is 42.5 Å². The van der Waals surface area contributed by atoms with Crippen molar-refractivity contribution in [3.63, 3.8) is 0 Å². The minimum absolute atomic E-state index is 0.175.